The summed E-state index contributed by atoms with van der Waals surface area (Å²) in [6.45, 7) is 4.97. The van der Waals surface area contributed by atoms with Gasteiger partial charge in [-0.1, -0.05) is 39.7 Å². The van der Waals surface area contributed by atoms with E-state index in [4.69, 9.17) is 0 Å². The summed E-state index contributed by atoms with van der Waals surface area (Å²) >= 11 is 3.57. The maximum absolute atomic E-state index is 4.56. The highest BCUT2D eigenvalue weighted by Crippen LogP contribution is 2.24. The normalized spacial score (nSPS) is 10.5. The van der Waals surface area contributed by atoms with Crippen molar-refractivity contribution in [3.05, 3.63) is 58.9 Å². The Bertz CT molecular complexity index is 566. The summed E-state index contributed by atoms with van der Waals surface area (Å²) in [5.41, 5.74) is 6.03. The van der Waals surface area contributed by atoms with Crippen molar-refractivity contribution in [2.24, 2.45) is 0 Å². The minimum absolute atomic E-state index is 0.824. The monoisotopic (exact) mass is 318 g/mol. The molecule has 0 radical (unpaired) electrons. The first kappa shape index (κ1) is 14.1. The van der Waals surface area contributed by atoms with Gasteiger partial charge in [0.25, 0.3) is 0 Å². The summed E-state index contributed by atoms with van der Waals surface area (Å²) in [4.78, 5) is 6.81. The molecule has 0 aliphatic heterocycles. The minimum Gasteiger partial charge on any atom is -0.368 e. The van der Waals surface area contributed by atoms with Gasteiger partial charge in [-0.3, -0.25) is 4.98 Å². The summed E-state index contributed by atoms with van der Waals surface area (Å²) < 4.78 is 0. The van der Waals surface area contributed by atoms with Crippen LogP contribution >= 0.6 is 15.9 Å². The average molecular weight is 319 g/mol. The molecule has 0 aliphatic rings. The van der Waals surface area contributed by atoms with E-state index in [9.17, 15) is 0 Å². The highest BCUT2D eigenvalue weighted by molar-refractivity contribution is 9.08. The van der Waals surface area contributed by atoms with Crippen LogP contribution in [-0.4, -0.2) is 12.0 Å². The molecule has 0 saturated carbocycles. The van der Waals surface area contributed by atoms with Crippen molar-refractivity contribution in [1.29, 1.82) is 0 Å². The molecule has 2 aromatic rings. The van der Waals surface area contributed by atoms with Crippen molar-refractivity contribution < 1.29 is 0 Å². The lowest BCUT2D eigenvalue weighted by atomic mass is 10.1. The van der Waals surface area contributed by atoms with E-state index in [-0.39, 0.29) is 0 Å². The second kappa shape index (κ2) is 6.20. The zero-order valence-electron chi connectivity index (χ0n) is 11.7. The number of pyridine rings is 1. The number of aryl methyl sites for hydroxylation is 2. The van der Waals surface area contributed by atoms with Gasteiger partial charge >= 0.3 is 0 Å². The first-order valence-electron chi connectivity index (χ1n) is 6.39. The second-order valence-corrected chi connectivity index (χ2v) is 5.45. The van der Waals surface area contributed by atoms with E-state index in [0.29, 0.717) is 0 Å². The van der Waals surface area contributed by atoms with Gasteiger partial charge in [0.15, 0.2) is 0 Å². The highest BCUT2D eigenvalue weighted by atomic mass is 79.9. The fourth-order valence-electron chi connectivity index (χ4n) is 2.21. The molecule has 1 aromatic heterocycles. The smallest absolute Gasteiger partial charge is 0.0600 e. The van der Waals surface area contributed by atoms with Crippen LogP contribution in [0.1, 0.15) is 22.5 Å². The van der Waals surface area contributed by atoms with Crippen molar-refractivity contribution in [2.45, 2.75) is 25.7 Å². The Morgan fingerprint density at radius 1 is 1.16 bits per heavy atom. The van der Waals surface area contributed by atoms with Gasteiger partial charge in [-0.05, 0) is 37.6 Å². The third-order valence-electron chi connectivity index (χ3n) is 3.14. The Kier molecular flexibility index (Phi) is 4.59. The van der Waals surface area contributed by atoms with Gasteiger partial charge < -0.3 is 4.90 Å². The second-order valence-electron chi connectivity index (χ2n) is 4.89. The molecule has 0 bridgehead atoms. The topological polar surface area (TPSA) is 16.1 Å². The Hall–Kier alpha value is -1.35. The number of benzene rings is 1. The predicted molar refractivity (Wildman–Crippen MR) is 84.9 cm³/mol. The van der Waals surface area contributed by atoms with E-state index >= 15 is 0 Å². The molecule has 1 aromatic carbocycles. The zero-order valence-corrected chi connectivity index (χ0v) is 13.2. The summed E-state index contributed by atoms with van der Waals surface area (Å²) in [7, 11) is 2.11. The van der Waals surface area contributed by atoms with Gasteiger partial charge in [-0.2, -0.15) is 0 Å². The molecule has 0 aliphatic carbocycles. The van der Waals surface area contributed by atoms with Gasteiger partial charge in [-0.25, -0.2) is 0 Å². The molecule has 2 rings (SSSR count). The van der Waals surface area contributed by atoms with Crippen LogP contribution in [0.3, 0.4) is 0 Å². The number of hydrogen-bond acceptors (Lipinski definition) is 2. The van der Waals surface area contributed by atoms with Gasteiger partial charge in [0.2, 0.25) is 0 Å². The Morgan fingerprint density at radius 3 is 2.63 bits per heavy atom. The van der Waals surface area contributed by atoms with Gasteiger partial charge in [0.05, 0.1) is 12.2 Å². The van der Waals surface area contributed by atoms with E-state index in [2.05, 4.69) is 70.1 Å². The lowest BCUT2D eigenvalue weighted by Gasteiger charge is -2.22. The molecule has 0 atom stereocenters. The molecule has 0 saturated heterocycles. The fourth-order valence-corrected chi connectivity index (χ4v) is 2.66. The number of hydrogen-bond donors (Lipinski definition) is 0. The number of aromatic nitrogens is 1. The van der Waals surface area contributed by atoms with Crippen LogP contribution in [0.2, 0.25) is 0 Å². The van der Waals surface area contributed by atoms with Crippen molar-refractivity contribution in [1.82, 2.24) is 4.98 Å². The van der Waals surface area contributed by atoms with Crippen molar-refractivity contribution >= 4 is 21.6 Å². The first-order valence-corrected chi connectivity index (χ1v) is 7.51. The number of nitrogens with zero attached hydrogens (tertiary/aromatic N) is 2. The third-order valence-corrected chi connectivity index (χ3v) is 3.74. The van der Waals surface area contributed by atoms with E-state index in [0.717, 1.165) is 23.3 Å². The van der Waals surface area contributed by atoms with E-state index in [1.165, 1.54) is 16.8 Å². The van der Waals surface area contributed by atoms with Gasteiger partial charge in [0.1, 0.15) is 0 Å². The van der Waals surface area contributed by atoms with Gasteiger partial charge in [-0.15, -0.1) is 0 Å². The van der Waals surface area contributed by atoms with E-state index < -0.39 is 0 Å². The molecule has 19 heavy (non-hydrogen) atoms. The average Bonchev–Trinajstić information content (AvgIpc) is 2.38. The number of halogens is 1. The Morgan fingerprint density at radius 2 is 1.95 bits per heavy atom. The minimum atomic E-state index is 0.824. The largest absolute Gasteiger partial charge is 0.368 e. The Balaban J connectivity index is 2.22. The van der Waals surface area contributed by atoms with E-state index in [1.54, 1.807) is 0 Å². The third kappa shape index (κ3) is 3.57. The standard InChI is InChI=1S/C16H19BrN2/c1-12-7-8-16(14(9-12)10-17)19(3)11-15-6-4-5-13(2)18-15/h4-9H,10-11H2,1-3H3. The van der Waals surface area contributed by atoms with Crippen LogP contribution in [0.15, 0.2) is 36.4 Å². The number of alkyl halides is 1. The number of anilines is 1. The highest BCUT2D eigenvalue weighted by Gasteiger charge is 2.08. The van der Waals surface area contributed by atoms with Crippen LogP contribution in [0, 0.1) is 13.8 Å². The zero-order chi connectivity index (χ0) is 13.8. The SMILES string of the molecule is Cc1ccc(N(C)Cc2cccc(C)n2)c(CBr)c1. The van der Waals surface area contributed by atoms with Crippen LogP contribution < -0.4 is 4.90 Å². The number of rotatable bonds is 4. The van der Waals surface area contributed by atoms with Crippen molar-refractivity contribution in [3.8, 4) is 0 Å². The molecule has 3 heteroatoms. The molecule has 0 amide bonds. The molecule has 0 fully saturated rings. The van der Waals surface area contributed by atoms with E-state index in [1.807, 2.05) is 13.0 Å². The van der Waals surface area contributed by atoms with Crippen LogP contribution in [-0.2, 0) is 11.9 Å². The molecule has 0 spiro atoms. The maximum atomic E-state index is 4.56. The van der Waals surface area contributed by atoms with Gasteiger partial charge in [0, 0.05) is 23.8 Å². The van der Waals surface area contributed by atoms with Crippen molar-refractivity contribution in [2.75, 3.05) is 11.9 Å². The molecule has 100 valence electrons. The molecule has 0 N–H and O–H groups in total. The molecule has 1 heterocycles. The predicted octanol–water partition coefficient (Wildman–Crippen LogP) is 4.23. The Labute approximate surface area is 123 Å². The molecular weight excluding hydrogens is 300 g/mol. The summed E-state index contributed by atoms with van der Waals surface area (Å²) in [6, 6.07) is 12.7. The van der Waals surface area contributed by atoms with Crippen LogP contribution in [0.5, 0.6) is 0 Å². The summed E-state index contributed by atoms with van der Waals surface area (Å²) in [5.74, 6) is 0. The fraction of sp³-hybridized carbons (Fsp3) is 0.312. The van der Waals surface area contributed by atoms with Crippen molar-refractivity contribution in [3.63, 3.8) is 0 Å². The van der Waals surface area contributed by atoms with Crippen LogP contribution in [0.4, 0.5) is 5.69 Å². The molecule has 2 nitrogen and oxygen atoms in total. The lowest BCUT2D eigenvalue weighted by Crippen LogP contribution is -2.18. The van der Waals surface area contributed by atoms with Crippen LogP contribution in [0.25, 0.3) is 0 Å². The molecule has 0 unspecified atom stereocenters. The lowest BCUT2D eigenvalue weighted by molar-refractivity contribution is 0.872. The maximum Gasteiger partial charge on any atom is 0.0600 e. The first-order chi connectivity index (χ1) is 9.10. The quantitative estimate of drug-likeness (QED) is 0.784. The summed E-state index contributed by atoms with van der Waals surface area (Å²) in [6.07, 6.45) is 0. The summed E-state index contributed by atoms with van der Waals surface area (Å²) in [5, 5.41) is 0.871. The molecular formula is C16H19BrN2.